The highest BCUT2D eigenvalue weighted by Gasteiger charge is 2.13. The summed E-state index contributed by atoms with van der Waals surface area (Å²) < 4.78 is 19.0. The van der Waals surface area contributed by atoms with Crippen LogP contribution in [0.4, 0.5) is 10.1 Å². The fourth-order valence-corrected chi connectivity index (χ4v) is 2.20. The van der Waals surface area contributed by atoms with Crippen LogP contribution in [0.5, 0.6) is 0 Å². The minimum atomic E-state index is -0.466. The first-order valence-electron chi connectivity index (χ1n) is 7.03. The minimum Gasteiger partial charge on any atom is -0.466 e. The molecule has 5 heteroatoms. The highest BCUT2D eigenvalue weighted by molar-refractivity contribution is 5.95. The summed E-state index contributed by atoms with van der Waals surface area (Å²) in [5.74, 6) is 0.281. The second-order valence-corrected chi connectivity index (χ2v) is 5.27. The summed E-state index contributed by atoms with van der Waals surface area (Å²) in [6, 6.07) is 6.19. The molecule has 0 saturated heterocycles. The van der Waals surface area contributed by atoms with E-state index in [0.29, 0.717) is 23.5 Å². The van der Waals surface area contributed by atoms with Crippen molar-refractivity contribution in [2.75, 3.05) is 5.32 Å². The molecule has 116 valence electrons. The van der Waals surface area contributed by atoms with Crippen molar-refractivity contribution in [2.45, 2.75) is 33.6 Å². The third kappa shape index (κ3) is 3.81. The Kier molecular flexibility index (Phi) is 4.75. The Morgan fingerprint density at radius 1 is 1.23 bits per heavy atom. The average molecular weight is 303 g/mol. The van der Waals surface area contributed by atoms with Crippen LogP contribution in [0, 0.1) is 19.7 Å². The van der Waals surface area contributed by atoms with Gasteiger partial charge in [-0.05, 0) is 44.5 Å². The molecule has 1 amide bonds. The first kappa shape index (κ1) is 15.9. The van der Waals surface area contributed by atoms with Gasteiger partial charge in [0.15, 0.2) is 5.78 Å². The molecule has 0 radical (unpaired) electrons. The topological polar surface area (TPSA) is 59.3 Å². The third-order valence-corrected chi connectivity index (χ3v) is 3.34. The van der Waals surface area contributed by atoms with E-state index in [1.165, 1.54) is 13.0 Å². The number of hydrogen-bond donors (Lipinski definition) is 1. The van der Waals surface area contributed by atoms with Gasteiger partial charge in [0.05, 0.1) is 11.3 Å². The van der Waals surface area contributed by atoms with Gasteiger partial charge >= 0.3 is 0 Å². The molecule has 4 nitrogen and oxygen atoms in total. The van der Waals surface area contributed by atoms with Gasteiger partial charge in [-0.1, -0.05) is 6.07 Å². The standard InChI is InChI=1S/C17H18FNO3/c1-10-4-6-15(18)16(8-10)19-17(21)7-5-13-9-14(11(2)20)12(3)22-13/h4,6,8-9H,5,7H2,1-3H3,(H,19,21). The number of ketones is 1. The number of aryl methyl sites for hydroxylation is 3. The highest BCUT2D eigenvalue weighted by Crippen LogP contribution is 2.18. The molecule has 0 aliphatic heterocycles. The molecule has 2 aromatic rings. The lowest BCUT2D eigenvalue weighted by Gasteiger charge is -2.06. The van der Waals surface area contributed by atoms with Crippen molar-refractivity contribution in [1.82, 2.24) is 0 Å². The molecule has 0 atom stereocenters. The molecule has 0 unspecified atom stereocenters. The summed E-state index contributed by atoms with van der Waals surface area (Å²) in [5, 5.41) is 2.54. The molecular formula is C17H18FNO3. The van der Waals surface area contributed by atoms with Crippen LogP contribution < -0.4 is 5.32 Å². The predicted octanol–water partition coefficient (Wildman–Crippen LogP) is 3.81. The molecule has 1 heterocycles. The van der Waals surface area contributed by atoms with Crippen LogP contribution in [0.3, 0.4) is 0 Å². The van der Waals surface area contributed by atoms with Crippen molar-refractivity contribution in [3.8, 4) is 0 Å². The maximum absolute atomic E-state index is 13.6. The highest BCUT2D eigenvalue weighted by atomic mass is 19.1. The van der Waals surface area contributed by atoms with Crippen LogP contribution in [0.2, 0.25) is 0 Å². The summed E-state index contributed by atoms with van der Waals surface area (Å²) in [5.41, 5.74) is 1.56. The van der Waals surface area contributed by atoms with Crippen LogP contribution in [0.15, 0.2) is 28.7 Å². The Morgan fingerprint density at radius 2 is 1.95 bits per heavy atom. The van der Waals surface area contributed by atoms with Crippen LogP contribution in [-0.2, 0) is 11.2 Å². The van der Waals surface area contributed by atoms with Crippen molar-refractivity contribution in [2.24, 2.45) is 0 Å². The Labute approximate surface area is 128 Å². The monoisotopic (exact) mass is 303 g/mol. The fourth-order valence-electron chi connectivity index (χ4n) is 2.20. The van der Waals surface area contributed by atoms with Gasteiger partial charge in [0.2, 0.25) is 5.91 Å². The van der Waals surface area contributed by atoms with Crippen LogP contribution in [0.25, 0.3) is 0 Å². The lowest BCUT2D eigenvalue weighted by molar-refractivity contribution is -0.116. The zero-order valence-corrected chi connectivity index (χ0v) is 12.8. The number of nitrogens with one attached hydrogen (secondary N) is 1. The molecule has 1 aromatic heterocycles. The van der Waals surface area contributed by atoms with E-state index in [9.17, 15) is 14.0 Å². The Bertz CT molecular complexity index is 719. The van der Waals surface area contributed by atoms with Crippen molar-refractivity contribution in [3.63, 3.8) is 0 Å². The molecule has 0 fully saturated rings. The second-order valence-electron chi connectivity index (χ2n) is 5.27. The summed E-state index contributed by atoms with van der Waals surface area (Å²) in [7, 11) is 0. The van der Waals surface area contributed by atoms with Crippen molar-refractivity contribution in [3.05, 3.63) is 52.7 Å². The number of carbonyl (C=O) groups is 2. The van der Waals surface area contributed by atoms with Crippen molar-refractivity contribution < 1.29 is 18.4 Å². The van der Waals surface area contributed by atoms with Crippen LogP contribution in [-0.4, -0.2) is 11.7 Å². The number of benzene rings is 1. The van der Waals surface area contributed by atoms with Gasteiger partial charge in [0.25, 0.3) is 0 Å². The molecular weight excluding hydrogens is 285 g/mol. The fraction of sp³-hybridized carbons (Fsp3) is 0.294. The SMILES string of the molecule is CC(=O)c1cc(CCC(=O)Nc2cc(C)ccc2F)oc1C. The lowest BCUT2D eigenvalue weighted by Crippen LogP contribution is -2.13. The van der Waals surface area contributed by atoms with Gasteiger partial charge in [-0.25, -0.2) is 4.39 Å². The normalized spacial score (nSPS) is 10.5. The number of carbonyl (C=O) groups excluding carboxylic acids is 2. The van der Waals surface area contributed by atoms with E-state index in [0.717, 1.165) is 5.56 Å². The minimum absolute atomic E-state index is 0.0706. The van der Waals surface area contributed by atoms with Crippen LogP contribution >= 0.6 is 0 Å². The van der Waals surface area contributed by atoms with Gasteiger partial charge in [0.1, 0.15) is 17.3 Å². The molecule has 0 aliphatic carbocycles. The van der Waals surface area contributed by atoms with E-state index < -0.39 is 5.82 Å². The van der Waals surface area contributed by atoms with Gasteiger partial charge in [0, 0.05) is 12.8 Å². The van der Waals surface area contributed by atoms with Gasteiger partial charge in [-0.2, -0.15) is 0 Å². The molecule has 22 heavy (non-hydrogen) atoms. The number of halogens is 1. The molecule has 0 aliphatic rings. The molecule has 2 rings (SSSR count). The second kappa shape index (κ2) is 6.56. The maximum Gasteiger partial charge on any atom is 0.224 e. The van der Waals surface area contributed by atoms with E-state index >= 15 is 0 Å². The zero-order valence-electron chi connectivity index (χ0n) is 12.8. The summed E-state index contributed by atoms with van der Waals surface area (Å²) in [6.07, 6.45) is 0.505. The number of amides is 1. The van der Waals surface area contributed by atoms with E-state index in [4.69, 9.17) is 4.42 Å². The Hall–Kier alpha value is -2.43. The van der Waals surface area contributed by atoms with E-state index in [1.54, 1.807) is 25.1 Å². The lowest BCUT2D eigenvalue weighted by atomic mass is 10.1. The first-order chi connectivity index (χ1) is 10.4. The molecule has 0 saturated carbocycles. The number of rotatable bonds is 5. The third-order valence-electron chi connectivity index (χ3n) is 3.34. The smallest absolute Gasteiger partial charge is 0.224 e. The number of anilines is 1. The summed E-state index contributed by atoms with van der Waals surface area (Å²) in [4.78, 5) is 23.2. The molecule has 1 aromatic carbocycles. The molecule has 0 spiro atoms. The summed E-state index contributed by atoms with van der Waals surface area (Å²) >= 11 is 0. The van der Waals surface area contributed by atoms with Crippen molar-refractivity contribution >= 4 is 17.4 Å². The predicted molar refractivity (Wildman–Crippen MR) is 81.5 cm³/mol. The zero-order chi connectivity index (χ0) is 16.3. The quantitative estimate of drug-likeness (QED) is 0.854. The van der Waals surface area contributed by atoms with E-state index in [1.807, 2.05) is 6.92 Å². The van der Waals surface area contributed by atoms with Gasteiger partial charge in [-0.3, -0.25) is 9.59 Å². The Morgan fingerprint density at radius 3 is 2.59 bits per heavy atom. The Balaban J connectivity index is 1.97. The largest absolute Gasteiger partial charge is 0.466 e. The van der Waals surface area contributed by atoms with E-state index in [-0.39, 0.29) is 23.8 Å². The van der Waals surface area contributed by atoms with E-state index in [2.05, 4.69) is 5.32 Å². The molecule has 1 N–H and O–H groups in total. The van der Waals surface area contributed by atoms with Gasteiger partial charge < -0.3 is 9.73 Å². The molecule has 0 bridgehead atoms. The van der Waals surface area contributed by atoms with Gasteiger partial charge in [-0.15, -0.1) is 0 Å². The maximum atomic E-state index is 13.6. The number of hydrogen-bond acceptors (Lipinski definition) is 3. The summed E-state index contributed by atoms with van der Waals surface area (Å²) in [6.45, 7) is 5.00. The average Bonchev–Trinajstić information content (AvgIpc) is 2.82. The van der Waals surface area contributed by atoms with Crippen molar-refractivity contribution in [1.29, 1.82) is 0 Å². The van der Waals surface area contributed by atoms with Crippen LogP contribution in [0.1, 0.15) is 40.8 Å². The number of Topliss-reactive ketones (excluding diaryl/α,β-unsaturated/α-hetero) is 1. The first-order valence-corrected chi connectivity index (χ1v) is 7.03. The number of furan rings is 1.